The Hall–Kier alpha value is -2.32. The highest BCUT2D eigenvalue weighted by Gasteiger charge is 2.22. The third-order valence-electron chi connectivity index (χ3n) is 4.97. The first-order valence-electron chi connectivity index (χ1n) is 8.89. The molecule has 1 N–H and O–H groups in total. The van der Waals surface area contributed by atoms with E-state index in [-0.39, 0.29) is 5.91 Å². The number of rotatable bonds is 5. The van der Waals surface area contributed by atoms with E-state index in [0.717, 1.165) is 43.8 Å². The average molecular weight is 370 g/mol. The molecule has 3 aromatic rings. The normalized spacial score (nSPS) is 16.2. The summed E-state index contributed by atoms with van der Waals surface area (Å²) in [6.07, 6.45) is 2.19. The van der Waals surface area contributed by atoms with Crippen LogP contribution in [0, 0.1) is 12.8 Å². The maximum Gasteiger partial charge on any atom is 0.240 e. The molecule has 0 radical (unpaired) electrons. The lowest BCUT2D eigenvalue weighted by molar-refractivity contribution is -0.117. The molecule has 1 aliphatic heterocycles. The van der Waals surface area contributed by atoms with Crippen LogP contribution in [-0.4, -0.2) is 50.2 Å². The molecular formula is C18H22N6OS. The highest BCUT2D eigenvalue weighted by atomic mass is 32.1. The van der Waals surface area contributed by atoms with Crippen molar-refractivity contribution in [2.24, 2.45) is 5.92 Å². The number of anilines is 1. The molecule has 0 saturated carbocycles. The summed E-state index contributed by atoms with van der Waals surface area (Å²) < 4.78 is 2.33. The molecule has 4 rings (SSSR count). The van der Waals surface area contributed by atoms with Crippen molar-refractivity contribution >= 4 is 33.4 Å². The highest BCUT2D eigenvalue weighted by Crippen LogP contribution is 2.23. The number of amides is 1. The van der Waals surface area contributed by atoms with Gasteiger partial charge in [0, 0.05) is 6.54 Å². The van der Waals surface area contributed by atoms with E-state index < -0.39 is 0 Å². The molecule has 0 atom stereocenters. The summed E-state index contributed by atoms with van der Waals surface area (Å²) >= 11 is 1.34. The van der Waals surface area contributed by atoms with Gasteiger partial charge in [-0.15, -0.1) is 10.2 Å². The number of aromatic nitrogens is 4. The summed E-state index contributed by atoms with van der Waals surface area (Å²) in [5.41, 5.74) is 3.89. The number of aryl methyl sites for hydroxylation is 1. The van der Waals surface area contributed by atoms with E-state index in [9.17, 15) is 4.79 Å². The number of para-hydroxylation sites is 2. The Morgan fingerprint density at radius 2 is 2.12 bits per heavy atom. The van der Waals surface area contributed by atoms with E-state index in [1.807, 2.05) is 6.07 Å². The molecule has 7 nitrogen and oxygen atoms in total. The Morgan fingerprint density at radius 3 is 2.88 bits per heavy atom. The van der Waals surface area contributed by atoms with Crippen molar-refractivity contribution in [2.45, 2.75) is 26.3 Å². The van der Waals surface area contributed by atoms with Crippen LogP contribution in [0.1, 0.15) is 18.7 Å². The highest BCUT2D eigenvalue weighted by molar-refractivity contribution is 7.13. The van der Waals surface area contributed by atoms with E-state index in [4.69, 9.17) is 0 Å². The minimum atomic E-state index is -0.0170. The number of likely N-dealkylation sites (tertiary alicyclic amines) is 1. The van der Waals surface area contributed by atoms with Crippen LogP contribution in [0.5, 0.6) is 0 Å². The second-order valence-electron chi connectivity index (χ2n) is 6.77. The van der Waals surface area contributed by atoms with Crippen LogP contribution >= 0.6 is 11.3 Å². The van der Waals surface area contributed by atoms with Crippen LogP contribution in [0.3, 0.4) is 0 Å². The molecule has 8 heteroatoms. The number of carbonyl (C=O) groups excluding carboxylic acids is 1. The van der Waals surface area contributed by atoms with Gasteiger partial charge < -0.3 is 4.57 Å². The van der Waals surface area contributed by atoms with Crippen molar-refractivity contribution in [3.8, 4) is 0 Å². The lowest BCUT2D eigenvalue weighted by Gasteiger charge is -2.31. The van der Waals surface area contributed by atoms with Gasteiger partial charge in [-0.05, 0) is 50.9 Å². The molecule has 1 fully saturated rings. The Bertz CT molecular complexity index is 882. The van der Waals surface area contributed by atoms with E-state index in [1.54, 1.807) is 5.51 Å². The quantitative estimate of drug-likeness (QED) is 0.747. The number of carbonyl (C=O) groups is 1. The van der Waals surface area contributed by atoms with E-state index in [1.165, 1.54) is 16.9 Å². The number of nitrogens with zero attached hydrogens (tertiary/aromatic N) is 5. The Balaban J connectivity index is 1.31. The first-order chi connectivity index (χ1) is 12.7. The number of benzene rings is 1. The lowest BCUT2D eigenvalue weighted by atomic mass is 9.96. The zero-order valence-corrected chi connectivity index (χ0v) is 15.6. The molecule has 0 aliphatic carbocycles. The SMILES string of the molecule is Cc1nc2ccccc2n1CC1CCN(CC(=O)Nc2nncs2)CC1. The second kappa shape index (κ2) is 7.51. The topological polar surface area (TPSA) is 75.9 Å². The third-order valence-corrected chi connectivity index (χ3v) is 5.57. The lowest BCUT2D eigenvalue weighted by Crippen LogP contribution is -2.40. The fourth-order valence-corrected chi connectivity index (χ4v) is 4.06. The number of fused-ring (bicyclic) bond motifs is 1. The minimum Gasteiger partial charge on any atom is -0.328 e. The molecule has 1 amide bonds. The molecule has 1 saturated heterocycles. The van der Waals surface area contributed by atoms with Crippen LogP contribution in [0.4, 0.5) is 5.13 Å². The van der Waals surface area contributed by atoms with Gasteiger partial charge in [-0.2, -0.15) is 0 Å². The molecule has 3 heterocycles. The number of imidazole rings is 1. The van der Waals surface area contributed by atoms with Crippen LogP contribution < -0.4 is 5.32 Å². The largest absolute Gasteiger partial charge is 0.328 e. The first kappa shape index (κ1) is 17.1. The summed E-state index contributed by atoms with van der Waals surface area (Å²) in [7, 11) is 0. The Kier molecular flexibility index (Phi) is 4.94. The smallest absolute Gasteiger partial charge is 0.240 e. The van der Waals surface area contributed by atoms with Gasteiger partial charge in [0.1, 0.15) is 11.3 Å². The van der Waals surface area contributed by atoms with E-state index in [0.29, 0.717) is 17.6 Å². The molecule has 136 valence electrons. The van der Waals surface area contributed by atoms with Crippen molar-refractivity contribution in [3.63, 3.8) is 0 Å². The predicted octanol–water partition coefficient (Wildman–Crippen LogP) is 2.55. The van der Waals surface area contributed by atoms with Gasteiger partial charge in [0.05, 0.1) is 17.6 Å². The van der Waals surface area contributed by atoms with E-state index >= 15 is 0 Å². The maximum atomic E-state index is 12.1. The predicted molar refractivity (Wildman–Crippen MR) is 102 cm³/mol. The van der Waals surface area contributed by atoms with Crippen molar-refractivity contribution in [1.82, 2.24) is 24.6 Å². The van der Waals surface area contributed by atoms with Gasteiger partial charge in [0.25, 0.3) is 0 Å². The fourth-order valence-electron chi connectivity index (χ4n) is 3.60. The maximum absolute atomic E-state index is 12.1. The van der Waals surface area contributed by atoms with Crippen molar-refractivity contribution < 1.29 is 4.79 Å². The second-order valence-corrected chi connectivity index (χ2v) is 7.60. The Labute approximate surface area is 156 Å². The minimum absolute atomic E-state index is 0.0170. The summed E-state index contributed by atoms with van der Waals surface area (Å²) in [6, 6.07) is 8.31. The van der Waals surface area contributed by atoms with Crippen LogP contribution in [0.15, 0.2) is 29.8 Å². The van der Waals surface area contributed by atoms with Gasteiger partial charge in [-0.25, -0.2) is 4.98 Å². The molecule has 26 heavy (non-hydrogen) atoms. The van der Waals surface area contributed by atoms with Crippen LogP contribution in [0.25, 0.3) is 11.0 Å². The van der Waals surface area contributed by atoms with Gasteiger partial charge in [0.15, 0.2) is 0 Å². The van der Waals surface area contributed by atoms with Gasteiger partial charge in [-0.1, -0.05) is 23.5 Å². The number of piperidine rings is 1. The van der Waals surface area contributed by atoms with Crippen molar-refractivity contribution in [1.29, 1.82) is 0 Å². The summed E-state index contributed by atoms with van der Waals surface area (Å²) in [4.78, 5) is 19.0. The average Bonchev–Trinajstić information content (AvgIpc) is 3.25. The molecule has 2 aromatic heterocycles. The number of hydrogen-bond acceptors (Lipinski definition) is 6. The van der Waals surface area contributed by atoms with E-state index in [2.05, 4.69) is 55.1 Å². The van der Waals surface area contributed by atoms with Crippen LogP contribution in [-0.2, 0) is 11.3 Å². The van der Waals surface area contributed by atoms with Gasteiger partial charge >= 0.3 is 0 Å². The molecular weight excluding hydrogens is 348 g/mol. The fraction of sp³-hybridized carbons (Fsp3) is 0.444. The van der Waals surface area contributed by atoms with Crippen molar-refractivity contribution in [2.75, 3.05) is 25.0 Å². The van der Waals surface area contributed by atoms with Gasteiger partial charge in [-0.3, -0.25) is 15.0 Å². The molecule has 1 aliphatic rings. The standard InChI is InChI=1S/C18H22N6OS/c1-13-20-15-4-2-3-5-16(15)24(13)10-14-6-8-23(9-7-14)11-17(25)21-18-22-19-12-26-18/h2-5,12,14H,6-11H2,1H3,(H,21,22,25). The zero-order chi connectivity index (χ0) is 17.9. The molecule has 1 aromatic carbocycles. The van der Waals surface area contributed by atoms with Crippen molar-refractivity contribution in [3.05, 3.63) is 35.6 Å². The zero-order valence-electron chi connectivity index (χ0n) is 14.8. The number of hydrogen-bond donors (Lipinski definition) is 1. The Morgan fingerprint density at radius 1 is 1.31 bits per heavy atom. The third kappa shape index (κ3) is 3.76. The number of nitrogens with one attached hydrogen (secondary N) is 1. The molecule has 0 spiro atoms. The monoisotopic (exact) mass is 370 g/mol. The first-order valence-corrected chi connectivity index (χ1v) is 9.77. The molecule has 0 bridgehead atoms. The summed E-state index contributed by atoms with van der Waals surface area (Å²) in [5.74, 6) is 1.68. The van der Waals surface area contributed by atoms with Gasteiger partial charge in [0.2, 0.25) is 11.0 Å². The van der Waals surface area contributed by atoms with Crippen LogP contribution in [0.2, 0.25) is 0 Å². The summed E-state index contributed by atoms with van der Waals surface area (Å²) in [6.45, 7) is 5.38. The molecule has 0 unspecified atom stereocenters. The summed E-state index contributed by atoms with van der Waals surface area (Å²) in [5, 5.41) is 10.9.